The monoisotopic (exact) mass is 567 g/mol. The van der Waals surface area contributed by atoms with Crippen LogP contribution in [0.1, 0.15) is 50.5 Å². The minimum Gasteiger partial charge on any atom is -0.461 e. The average molecular weight is 568 g/mol. The SMILES string of the molecule is OCCc1cccc2cccc(-c3ncc4c(N5CC6CCC(C6)C5)nc(OCC56CCCN5CCC6)nc4c3F)c12. The van der Waals surface area contributed by atoms with E-state index in [2.05, 4.69) is 9.80 Å². The van der Waals surface area contributed by atoms with Crippen molar-refractivity contribution in [2.45, 2.75) is 56.9 Å². The van der Waals surface area contributed by atoms with Crippen LogP contribution < -0.4 is 9.64 Å². The van der Waals surface area contributed by atoms with E-state index in [0.29, 0.717) is 35.8 Å². The van der Waals surface area contributed by atoms with Crippen molar-refractivity contribution in [1.82, 2.24) is 19.9 Å². The van der Waals surface area contributed by atoms with Crippen LogP contribution in [0.2, 0.25) is 0 Å². The topological polar surface area (TPSA) is 74.6 Å². The first-order valence-electron chi connectivity index (χ1n) is 15.7. The fraction of sp³-hybridized carbons (Fsp3) is 0.500. The number of halogens is 1. The maximum Gasteiger partial charge on any atom is 0.319 e. The Labute approximate surface area is 245 Å². The molecule has 0 spiro atoms. The number of ether oxygens (including phenoxy) is 1. The molecule has 4 aliphatic rings. The summed E-state index contributed by atoms with van der Waals surface area (Å²) in [6, 6.07) is 12.1. The number of nitrogens with zero attached hydrogens (tertiary/aromatic N) is 5. The molecule has 2 bridgehead atoms. The first-order chi connectivity index (χ1) is 20.6. The summed E-state index contributed by atoms with van der Waals surface area (Å²) in [5.74, 6) is 1.60. The largest absolute Gasteiger partial charge is 0.461 e. The van der Waals surface area contributed by atoms with Gasteiger partial charge in [0.1, 0.15) is 23.6 Å². The standard InChI is InChI=1S/C34H38FN5O2/c35-29-30(26-8-2-7-24-5-1-6-25(11-16-41)28(24)26)36-18-27-31(29)37-33(42-21-34-12-3-14-40(34)15-4-13-34)38-32(27)39-19-22-9-10-23(17-22)20-39/h1-2,5-8,18,22-23,41H,3-4,9-17,19-21H2. The van der Waals surface area contributed by atoms with Crippen LogP contribution in [0, 0.1) is 17.7 Å². The van der Waals surface area contributed by atoms with Crippen LogP contribution in [0.15, 0.2) is 42.6 Å². The van der Waals surface area contributed by atoms with E-state index < -0.39 is 5.82 Å². The van der Waals surface area contributed by atoms with Crippen molar-refractivity contribution >= 4 is 27.5 Å². The van der Waals surface area contributed by atoms with E-state index >= 15 is 4.39 Å². The zero-order valence-electron chi connectivity index (χ0n) is 24.1. The summed E-state index contributed by atoms with van der Waals surface area (Å²) < 4.78 is 23.2. The van der Waals surface area contributed by atoms with Crippen LogP contribution >= 0.6 is 0 Å². The van der Waals surface area contributed by atoms with Gasteiger partial charge in [0.25, 0.3) is 0 Å². The molecule has 0 amide bonds. The fourth-order valence-electron chi connectivity index (χ4n) is 8.50. The second kappa shape index (κ2) is 10.4. The van der Waals surface area contributed by atoms with Crippen molar-refractivity contribution < 1.29 is 14.2 Å². The third-order valence-corrected chi connectivity index (χ3v) is 10.5. The number of rotatable bonds is 7. The maximum absolute atomic E-state index is 16.8. The van der Waals surface area contributed by atoms with E-state index in [1.165, 1.54) is 32.1 Å². The zero-order valence-corrected chi connectivity index (χ0v) is 24.1. The molecule has 2 aromatic carbocycles. The molecule has 1 saturated carbocycles. The van der Waals surface area contributed by atoms with Gasteiger partial charge in [-0.05, 0) is 92.6 Å². The molecule has 1 aliphatic carbocycles. The maximum atomic E-state index is 16.8. The van der Waals surface area contributed by atoms with Crippen LogP contribution in [0.25, 0.3) is 32.9 Å². The number of hydrogen-bond acceptors (Lipinski definition) is 7. The number of benzene rings is 2. The van der Waals surface area contributed by atoms with Crippen LogP contribution in [0.3, 0.4) is 0 Å². The number of aromatic nitrogens is 3. The van der Waals surface area contributed by atoms with E-state index in [0.717, 1.165) is 61.2 Å². The van der Waals surface area contributed by atoms with Gasteiger partial charge in [-0.2, -0.15) is 9.97 Å². The number of aliphatic hydroxyl groups excluding tert-OH is 1. The number of fused-ring (bicyclic) bond motifs is 5. The summed E-state index contributed by atoms with van der Waals surface area (Å²) in [5.41, 5.74) is 2.27. The van der Waals surface area contributed by atoms with Crippen LogP contribution in [-0.4, -0.2) is 69.9 Å². The molecule has 5 heterocycles. The number of anilines is 1. The third kappa shape index (κ3) is 4.33. The second-order valence-electron chi connectivity index (χ2n) is 13.0. The number of hydrogen-bond donors (Lipinski definition) is 1. The molecule has 1 N–H and O–H groups in total. The highest BCUT2D eigenvalue weighted by Gasteiger charge is 2.45. The molecule has 3 aliphatic heterocycles. The summed E-state index contributed by atoms with van der Waals surface area (Å²) in [6.45, 7) is 4.66. The van der Waals surface area contributed by atoms with Crippen LogP contribution in [0.5, 0.6) is 6.01 Å². The molecule has 8 rings (SSSR count). The fourth-order valence-corrected chi connectivity index (χ4v) is 8.50. The average Bonchev–Trinajstić information content (AvgIpc) is 3.69. The Bertz CT molecular complexity index is 1630. The van der Waals surface area contributed by atoms with Gasteiger partial charge in [0.2, 0.25) is 0 Å². The Morgan fingerprint density at radius 2 is 1.76 bits per heavy atom. The second-order valence-corrected chi connectivity index (χ2v) is 13.0. The number of pyridine rings is 1. The summed E-state index contributed by atoms with van der Waals surface area (Å²) in [7, 11) is 0. The van der Waals surface area contributed by atoms with Gasteiger partial charge in [-0.25, -0.2) is 4.39 Å². The first kappa shape index (κ1) is 26.3. The summed E-state index contributed by atoms with van der Waals surface area (Å²) in [6.07, 6.45) is 10.7. The highest BCUT2D eigenvalue weighted by molar-refractivity contribution is 6.00. The highest BCUT2D eigenvalue weighted by atomic mass is 19.1. The van der Waals surface area contributed by atoms with Gasteiger partial charge in [-0.3, -0.25) is 9.88 Å². The molecule has 2 unspecified atom stereocenters. The van der Waals surface area contributed by atoms with E-state index in [1.807, 2.05) is 36.4 Å². The lowest BCUT2D eigenvalue weighted by Crippen LogP contribution is -2.43. The Hall–Kier alpha value is -3.36. The zero-order chi connectivity index (χ0) is 28.3. The molecular weight excluding hydrogens is 529 g/mol. The first-order valence-corrected chi connectivity index (χ1v) is 15.7. The van der Waals surface area contributed by atoms with Crippen molar-refractivity contribution in [3.05, 3.63) is 54.0 Å². The van der Waals surface area contributed by atoms with E-state index in [1.54, 1.807) is 6.20 Å². The Balaban J connectivity index is 1.25. The lowest BCUT2D eigenvalue weighted by atomic mass is 9.95. The van der Waals surface area contributed by atoms with E-state index in [9.17, 15) is 5.11 Å². The summed E-state index contributed by atoms with van der Waals surface area (Å²) >= 11 is 0. The Morgan fingerprint density at radius 3 is 2.52 bits per heavy atom. The quantitative estimate of drug-likeness (QED) is 0.304. The van der Waals surface area contributed by atoms with E-state index in [4.69, 9.17) is 19.7 Å². The molecule has 7 nitrogen and oxygen atoms in total. The highest BCUT2D eigenvalue weighted by Crippen LogP contribution is 2.42. The van der Waals surface area contributed by atoms with Crippen molar-refractivity contribution in [2.24, 2.45) is 11.8 Å². The molecule has 2 atom stereocenters. The van der Waals surface area contributed by atoms with Crippen LogP contribution in [-0.2, 0) is 6.42 Å². The molecule has 4 fully saturated rings. The molecule has 4 aromatic rings. The van der Waals surface area contributed by atoms with Crippen molar-refractivity contribution in [2.75, 3.05) is 44.3 Å². The van der Waals surface area contributed by atoms with Gasteiger partial charge in [0.05, 0.1) is 10.9 Å². The third-order valence-electron chi connectivity index (χ3n) is 10.5. The molecular formula is C34H38FN5O2. The van der Waals surface area contributed by atoms with Gasteiger partial charge in [0, 0.05) is 31.5 Å². The normalized spacial score (nSPS) is 23.2. The minimum atomic E-state index is -0.450. The Kier molecular flexibility index (Phi) is 6.52. The predicted molar refractivity (Wildman–Crippen MR) is 162 cm³/mol. The molecule has 8 heteroatoms. The lowest BCUT2D eigenvalue weighted by Gasteiger charge is -2.34. The van der Waals surface area contributed by atoms with Crippen molar-refractivity contribution in [3.8, 4) is 17.3 Å². The molecule has 0 radical (unpaired) electrons. The van der Waals surface area contributed by atoms with Crippen LogP contribution in [0.4, 0.5) is 10.2 Å². The van der Waals surface area contributed by atoms with Gasteiger partial charge >= 0.3 is 6.01 Å². The summed E-state index contributed by atoms with van der Waals surface area (Å²) in [4.78, 5) is 19.3. The van der Waals surface area contributed by atoms with Gasteiger partial charge in [-0.1, -0.05) is 36.4 Å². The predicted octanol–water partition coefficient (Wildman–Crippen LogP) is 5.76. The molecule has 3 saturated heterocycles. The number of piperidine rings is 1. The molecule has 42 heavy (non-hydrogen) atoms. The van der Waals surface area contributed by atoms with E-state index in [-0.39, 0.29) is 29.4 Å². The Morgan fingerprint density at radius 1 is 1.00 bits per heavy atom. The molecule has 2 aromatic heterocycles. The summed E-state index contributed by atoms with van der Waals surface area (Å²) in [5, 5.41) is 12.3. The molecule has 218 valence electrons. The van der Waals surface area contributed by atoms with Crippen molar-refractivity contribution in [3.63, 3.8) is 0 Å². The van der Waals surface area contributed by atoms with Crippen molar-refractivity contribution in [1.29, 1.82) is 0 Å². The minimum absolute atomic E-state index is 0.0229. The lowest BCUT2D eigenvalue weighted by molar-refractivity contribution is 0.108. The van der Waals surface area contributed by atoms with Gasteiger partial charge in [0.15, 0.2) is 5.82 Å². The smallest absolute Gasteiger partial charge is 0.319 e. The number of aliphatic hydroxyl groups is 1. The van der Waals surface area contributed by atoms with Gasteiger partial charge in [-0.15, -0.1) is 0 Å². The van der Waals surface area contributed by atoms with Gasteiger partial charge < -0.3 is 14.7 Å².